The fourth-order valence-electron chi connectivity index (χ4n) is 2.60. The van der Waals surface area contributed by atoms with Crippen LogP contribution >= 0.6 is 0 Å². The molecule has 0 bridgehead atoms. The van der Waals surface area contributed by atoms with Gasteiger partial charge in [0.15, 0.2) is 17.1 Å². The van der Waals surface area contributed by atoms with Crippen molar-refractivity contribution in [1.82, 2.24) is 14.6 Å². The van der Waals surface area contributed by atoms with Crippen molar-refractivity contribution in [3.05, 3.63) is 36.5 Å². The molecule has 3 rings (SSSR count). The zero-order valence-electron chi connectivity index (χ0n) is 14.5. The molecule has 25 heavy (non-hydrogen) atoms. The third-order valence-electron chi connectivity index (χ3n) is 4.17. The lowest BCUT2D eigenvalue weighted by Gasteiger charge is -2.20. The Balaban J connectivity index is 2.01. The van der Waals surface area contributed by atoms with E-state index in [0.29, 0.717) is 17.2 Å². The van der Waals surface area contributed by atoms with E-state index in [1.165, 1.54) is 7.11 Å². The number of benzene rings is 1. The molecule has 2 aromatic heterocycles. The third-order valence-corrected chi connectivity index (χ3v) is 4.17. The number of hydrogen-bond donors (Lipinski definition) is 3. The van der Waals surface area contributed by atoms with E-state index in [1.807, 2.05) is 26.0 Å². The predicted molar refractivity (Wildman–Crippen MR) is 96.0 cm³/mol. The molecule has 7 heteroatoms. The Kier molecular flexibility index (Phi) is 4.76. The number of anilines is 1. The van der Waals surface area contributed by atoms with Crippen molar-refractivity contribution in [2.24, 2.45) is 5.92 Å². The molecule has 132 valence electrons. The Morgan fingerprint density at radius 3 is 2.72 bits per heavy atom. The molecule has 0 aliphatic carbocycles. The quantitative estimate of drug-likeness (QED) is 0.638. The predicted octanol–water partition coefficient (Wildman–Crippen LogP) is 2.54. The van der Waals surface area contributed by atoms with Crippen LogP contribution < -0.4 is 10.1 Å². The van der Waals surface area contributed by atoms with E-state index in [2.05, 4.69) is 15.4 Å². The van der Waals surface area contributed by atoms with Gasteiger partial charge in [-0.2, -0.15) is 0 Å². The number of phenols is 1. The highest BCUT2D eigenvalue weighted by molar-refractivity contribution is 5.67. The van der Waals surface area contributed by atoms with Gasteiger partial charge in [-0.3, -0.25) is 0 Å². The van der Waals surface area contributed by atoms with Crippen molar-refractivity contribution >= 4 is 11.5 Å². The van der Waals surface area contributed by atoms with Crippen molar-refractivity contribution in [2.45, 2.75) is 19.9 Å². The lowest BCUT2D eigenvalue weighted by molar-refractivity contribution is 0.249. The number of aromatic nitrogens is 3. The van der Waals surface area contributed by atoms with E-state index in [-0.39, 0.29) is 24.3 Å². The van der Waals surface area contributed by atoms with Crippen LogP contribution in [0, 0.1) is 5.92 Å². The van der Waals surface area contributed by atoms with Crippen LogP contribution in [-0.4, -0.2) is 44.6 Å². The number of rotatable bonds is 6. The Morgan fingerprint density at radius 2 is 2.04 bits per heavy atom. The summed E-state index contributed by atoms with van der Waals surface area (Å²) >= 11 is 0. The maximum atomic E-state index is 9.77. The normalized spacial score (nSPS) is 12.5. The molecule has 0 amide bonds. The van der Waals surface area contributed by atoms with Crippen LogP contribution in [-0.2, 0) is 0 Å². The maximum absolute atomic E-state index is 9.77. The van der Waals surface area contributed by atoms with Gasteiger partial charge in [0.1, 0.15) is 5.82 Å². The number of hydrogen-bond acceptors (Lipinski definition) is 6. The summed E-state index contributed by atoms with van der Waals surface area (Å²) in [5, 5.41) is 27.1. The molecule has 0 aliphatic rings. The number of fused-ring (bicyclic) bond motifs is 1. The average Bonchev–Trinajstić information content (AvgIpc) is 3.03. The van der Waals surface area contributed by atoms with Crippen LogP contribution in [0.1, 0.15) is 13.8 Å². The number of aliphatic hydroxyl groups is 1. The smallest absolute Gasteiger partial charge is 0.161 e. The van der Waals surface area contributed by atoms with Gasteiger partial charge < -0.3 is 20.3 Å². The van der Waals surface area contributed by atoms with Gasteiger partial charge in [-0.25, -0.2) is 9.50 Å². The number of ether oxygens (including phenoxy) is 1. The van der Waals surface area contributed by atoms with Gasteiger partial charge >= 0.3 is 0 Å². The van der Waals surface area contributed by atoms with Gasteiger partial charge in [-0.05, 0) is 36.2 Å². The van der Waals surface area contributed by atoms with Gasteiger partial charge in [-0.1, -0.05) is 13.8 Å². The lowest BCUT2D eigenvalue weighted by atomic mass is 10.1. The fourth-order valence-corrected chi connectivity index (χ4v) is 2.60. The van der Waals surface area contributed by atoms with Crippen molar-refractivity contribution in [3.8, 4) is 22.8 Å². The molecular formula is C18H22N4O3. The summed E-state index contributed by atoms with van der Waals surface area (Å²) in [7, 11) is 1.51. The van der Waals surface area contributed by atoms with Crippen molar-refractivity contribution < 1.29 is 14.9 Å². The van der Waals surface area contributed by atoms with Gasteiger partial charge in [0.25, 0.3) is 0 Å². The number of phenolic OH excluding ortho intramolecular Hbond substituents is 1. The van der Waals surface area contributed by atoms with Crippen LogP contribution in [0.15, 0.2) is 36.5 Å². The summed E-state index contributed by atoms with van der Waals surface area (Å²) in [6, 6.07) is 8.74. The molecule has 0 unspecified atom stereocenters. The molecule has 0 spiro atoms. The van der Waals surface area contributed by atoms with Crippen LogP contribution in [0.2, 0.25) is 0 Å². The van der Waals surface area contributed by atoms with Gasteiger partial charge in [-0.15, -0.1) is 5.10 Å². The Morgan fingerprint density at radius 1 is 1.24 bits per heavy atom. The second-order valence-corrected chi connectivity index (χ2v) is 6.20. The van der Waals surface area contributed by atoms with Crippen molar-refractivity contribution in [3.63, 3.8) is 0 Å². The molecule has 1 aromatic carbocycles. The van der Waals surface area contributed by atoms with Crippen LogP contribution in [0.3, 0.4) is 0 Å². The Hall–Kier alpha value is -2.80. The van der Waals surface area contributed by atoms with E-state index in [0.717, 1.165) is 11.3 Å². The first kappa shape index (κ1) is 17.0. The van der Waals surface area contributed by atoms with Gasteiger partial charge in [0.05, 0.1) is 31.6 Å². The molecule has 3 aromatic rings. The van der Waals surface area contributed by atoms with E-state index >= 15 is 0 Å². The first-order valence-electron chi connectivity index (χ1n) is 8.13. The molecule has 7 nitrogen and oxygen atoms in total. The average molecular weight is 342 g/mol. The molecule has 2 heterocycles. The standard InChI is InChI=1S/C18H22N4O3/c1-11(2)13(10-23)20-17-6-7-18-19-9-14(22(18)21-17)12-4-5-15(24)16(8-12)25-3/h4-9,11,13,23-24H,10H2,1-3H3,(H,20,21)/t13-/m0/s1. The topological polar surface area (TPSA) is 91.9 Å². The van der Waals surface area contributed by atoms with Crippen LogP contribution in [0.5, 0.6) is 11.5 Å². The minimum atomic E-state index is -0.0781. The molecule has 0 fully saturated rings. The van der Waals surface area contributed by atoms with E-state index in [4.69, 9.17) is 4.74 Å². The summed E-state index contributed by atoms with van der Waals surface area (Å²) in [6.45, 7) is 4.11. The van der Waals surface area contributed by atoms with E-state index < -0.39 is 0 Å². The molecule has 3 N–H and O–H groups in total. The molecular weight excluding hydrogens is 320 g/mol. The SMILES string of the molecule is COc1cc(-c2cnc3ccc(N[C@@H](CO)C(C)C)nn23)ccc1O. The second kappa shape index (κ2) is 6.98. The van der Waals surface area contributed by atoms with Gasteiger partial charge in [0.2, 0.25) is 0 Å². The van der Waals surface area contributed by atoms with Crippen LogP contribution in [0.25, 0.3) is 16.9 Å². The number of methoxy groups -OCH3 is 1. The number of aliphatic hydroxyl groups excluding tert-OH is 1. The van der Waals surface area contributed by atoms with E-state index in [9.17, 15) is 10.2 Å². The summed E-state index contributed by atoms with van der Waals surface area (Å²) < 4.78 is 6.90. The highest BCUT2D eigenvalue weighted by Gasteiger charge is 2.14. The number of aromatic hydroxyl groups is 1. The highest BCUT2D eigenvalue weighted by Crippen LogP contribution is 2.31. The number of imidazole rings is 1. The third kappa shape index (κ3) is 3.36. The summed E-state index contributed by atoms with van der Waals surface area (Å²) in [6.07, 6.45) is 1.73. The second-order valence-electron chi connectivity index (χ2n) is 6.20. The largest absolute Gasteiger partial charge is 0.504 e. The lowest BCUT2D eigenvalue weighted by Crippen LogP contribution is -2.30. The molecule has 1 atom stereocenters. The first-order valence-corrected chi connectivity index (χ1v) is 8.13. The molecule has 0 radical (unpaired) electrons. The highest BCUT2D eigenvalue weighted by atomic mass is 16.5. The van der Waals surface area contributed by atoms with Gasteiger partial charge in [0, 0.05) is 5.56 Å². The maximum Gasteiger partial charge on any atom is 0.161 e. The zero-order valence-corrected chi connectivity index (χ0v) is 14.5. The zero-order chi connectivity index (χ0) is 18.0. The van der Waals surface area contributed by atoms with Crippen molar-refractivity contribution in [2.75, 3.05) is 19.0 Å². The summed E-state index contributed by atoms with van der Waals surface area (Å²) in [4.78, 5) is 4.37. The Bertz CT molecular complexity index is 876. The minimum absolute atomic E-state index is 0.0311. The van der Waals surface area contributed by atoms with Crippen LogP contribution in [0.4, 0.5) is 5.82 Å². The number of nitrogens with zero attached hydrogens (tertiary/aromatic N) is 3. The first-order chi connectivity index (χ1) is 12.0. The minimum Gasteiger partial charge on any atom is -0.504 e. The monoisotopic (exact) mass is 342 g/mol. The van der Waals surface area contributed by atoms with Crippen molar-refractivity contribution in [1.29, 1.82) is 0 Å². The molecule has 0 saturated carbocycles. The molecule has 0 aliphatic heterocycles. The summed E-state index contributed by atoms with van der Waals surface area (Å²) in [5.41, 5.74) is 2.31. The molecule has 0 saturated heterocycles. The summed E-state index contributed by atoms with van der Waals surface area (Å²) in [5.74, 6) is 1.40. The Labute approximate surface area is 145 Å². The fraction of sp³-hybridized carbons (Fsp3) is 0.333. The number of nitrogens with one attached hydrogen (secondary N) is 1. The van der Waals surface area contributed by atoms with E-state index in [1.54, 1.807) is 28.9 Å².